The van der Waals surface area contributed by atoms with Gasteiger partial charge in [0.15, 0.2) is 5.69 Å². The number of azo groups is 1. The Hall–Kier alpha value is -2.28. The number of phenolic OH excluding ortho intramolecular Hbond substituents is 1. The van der Waals surface area contributed by atoms with Gasteiger partial charge in [-0.15, -0.1) is 10.2 Å². The van der Waals surface area contributed by atoms with Crippen molar-refractivity contribution in [2.75, 3.05) is 0 Å². The molecule has 2 rings (SSSR count). The average molecular weight is 322 g/mol. The Kier molecular flexibility index (Phi) is 3.86. The van der Waals surface area contributed by atoms with E-state index in [4.69, 9.17) is 0 Å². The van der Waals surface area contributed by atoms with Crippen LogP contribution in [-0.4, -0.2) is 10.0 Å². The zero-order chi connectivity index (χ0) is 13.8. The van der Waals surface area contributed by atoms with Gasteiger partial charge in [0, 0.05) is 10.5 Å². The van der Waals surface area contributed by atoms with E-state index in [9.17, 15) is 15.2 Å². The molecule has 1 N–H and O–H groups in total. The highest BCUT2D eigenvalue weighted by Crippen LogP contribution is 2.33. The molecule has 2 aromatic carbocycles. The maximum Gasteiger partial charge on any atom is 0.296 e. The second kappa shape index (κ2) is 5.57. The number of nitrogens with zero attached hydrogens (tertiary/aromatic N) is 3. The summed E-state index contributed by atoms with van der Waals surface area (Å²) >= 11 is 3.24. The number of rotatable bonds is 3. The van der Waals surface area contributed by atoms with E-state index >= 15 is 0 Å². The average Bonchev–Trinajstić information content (AvgIpc) is 2.40. The van der Waals surface area contributed by atoms with Crippen molar-refractivity contribution in [1.82, 2.24) is 0 Å². The van der Waals surface area contributed by atoms with Crippen LogP contribution in [0.3, 0.4) is 0 Å². The molecule has 6 nitrogen and oxygen atoms in total. The molecule has 7 heteroatoms. The molecule has 0 aromatic heterocycles. The molecule has 0 amide bonds. The van der Waals surface area contributed by atoms with Crippen LogP contribution in [0.15, 0.2) is 57.2 Å². The number of halogens is 1. The van der Waals surface area contributed by atoms with Crippen LogP contribution in [-0.2, 0) is 0 Å². The van der Waals surface area contributed by atoms with Gasteiger partial charge in [-0.3, -0.25) is 10.1 Å². The predicted molar refractivity (Wildman–Crippen MR) is 73.1 cm³/mol. The minimum Gasteiger partial charge on any atom is -0.506 e. The molecule has 0 saturated heterocycles. The molecule has 0 fully saturated rings. The summed E-state index contributed by atoms with van der Waals surface area (Å²) in [4.78, 5) is 10.3. The number of para-hydroxylation sites is 1. The molecule has 0 aliphatic carbocycles. The summed E-state index contributed by atoms with van der Waals surface area (Å²) in [5.74, 6) is -0.0504. The van der Waals surface area contributed by atoms with Gasteiger partial charge in [0.2, 0.25) is 0 Å². The van der Waals surface area contributed by atoms with Gasteiger partial charge >= 0.3 is 0 Å². The quantitative estimate of drug-likeness (QED) is 0.513. The predicted octanol–water partition coefficient (Wildman–Crippen LogP) is 4.48. The molecule has 0 unspecified atom stereocenters. The molecule has 19 heavy (non-hydrogen) atoms. The highest BCUT2D eigenvalue weighted by molar-refractivity contribution is 9.10. The zero-order valence-electron chi connectivity index (χ0n) is 9.52. The highest BCUT2D eigenvalue weighted by Gasteiger charge is 2.11. The van der Waals surface area contributed by atoms with Crippen molar-refractivity contribution in [2.24, 2.45) is 10.2 Å². The molecule has 0 heterocycles. The minimum absolute atomic E-state index is 0.0504. The summed E-state index contributed by atoms with van der Waals surface area (Å²) in [6, 6.07) is 10.7. The largest absolute Gasteiger partial charge is 0.506 e. The van der Waals surface area contributed by atoms with Gasteiger partial charge in [-0.25, -0.2) is 0 Å². The van der Waals surface area contributed by atoms with Crippen molar-refractivity contribution in [3.8, 4) is 5.75 Å². The number of hydrogen-bond acceptors (Lipinski definition) is 5. The molecular formula is C12H8BrN3O3. The van der Waals surface area contributed by atoms with Crippen LogP contribution in [0.25, 0.3) is 0 Å². The fourth-order valence-corrected chi connectivity index (χ4v) is 1.74. The van der Waals surface area contributed by atoms with Gasteiger partial charge in [-0.2, -0.15) is 0 Å². The number of nitro benzene ring substituents is 1. The van der Waals surface area contributed by atoms with E-state index in [2.05, 4.69) is 26.2 Å². The fraction of sp³-hybridized carbons (Fsp3) is 0. The van der Waals surface area contributed by atoms with E-state index in [0.717, 1.165) is 4.47 Å². The van der Waals surface area contributed by atoms with Crippen LogP contribution in [0.2, 0.25) is 0 Å². The second-order valence-corrected chi connectivity index (χ2v) is 4.49. The van der Waals surface area contributed by atoms with Crippen LogP contribution in [0.5, 0.6) is 5.75 Å². The zero-order valence-corrected chi connectivity index (χ0v) is 11.1. The lowest BCUT2D eigenvalue weighted by atomic mass is 10.3. The fourth-order valence-electron chi connectivity index (χ4n) is 1.39. The number of benzene rings is 2. The molecule has 0 aliphatic rings. The third-order valence-corrected chi connectivity index (χ3v) is 2.77. The summed E-state index contributed by atoms with van der Waals surface area (Å²) < 4.78 is 0.724. The Morgan fingerprint density at radius 1 is 1.11 bits per heavy atom. The Morgan fingerprint density at radius 3 is 2.53 bits per heavy atom. The van der Waals surface area contributed by atoms with Crippen molar-refractivity contribution in [1.29, 1.82) is 0 Å². The van der Waals surface area contributed by atoms with E-state index < -0.39 is 4.92 Å². The standard InChI is InChI=1S/C12H8BrN3O3/c13-8-5-6-12(17)10(7-8)15-14-9-3-1-2-4-11(9)16(18)19/h1-7,17H. The topological polar surface area (TPSA) is 88.1 Å². The van der Waals surface area contributed by atoms with Crippen LogP contribution in [0.1, 0.15) is 0 Å². The van der Waals surface area contributed by atoms with E-state index in [-0.39, 0.29) is 22.8 Å². The Balaban J connectivity index is 2.38. The Morgan fingerprint density at radius 2 is 1.79 bits per heavy atom. The molecule has 0 spiro atoms. The smallest absolute Gasteiger partial charge is 0.296 e. The molecule has 0 saturated carbocycles. The Labute approximate surface area is 116 Å². The maximum atomic E-state index is 10.8. The van der Waals surface area contributed by atoms with E-state index in [1.807, 2.05) is 0 Å². The molecular weight excluding hydrogens is 314 g/mol. The summed E-state index contributed by atoms with van der Waals surface area (Å²) in [6.07, 6.45) is 0. The van der Waals surface area contributed by atoms with Gasteiger partial charge in [0.05, 0.1) is 4.92 Å². The lowest BCUT2D eigenvalue weighted by molar-refractivity contribution is -0.384. The Bertz CT molecular complexity index is 658. The third kappa shape index (κ3) is 3.14. The first-order valence-corrected chi connectivity index (χ1v) is 6.01. The van der Waals surface area contributed by atoms with Gasteiger partial charge in [0.25, 0.3) is 5.69 Å². The molecule has 0 bridgehead atoms. The van der Waals surface area contributed by atoms with Crippen LogP contribution < -0.4 is 0 Å². The third-order valence-electron chi connectivity index (χ3n) is 2.28. The molecule has 0 aliphatic heterocycles. The lowest BCUT2D eigenvalue weighted by Crippen LogP contribution is -1.86. The van der Waals surface area contributed by atoms with Gasteiger partial charge in [-0.1, -0.05) is 28.1 Å². The van der Waals surface area contributed by atoms with Crippen molar-refractivity contribution in [3.05, 3.63) is 57.1 Å². The molecule has 96 valence electrons. The lowest BCUT2D eigenvalue weighted by Gasteiger charge is -1.98. The van der Waals surface area contributed by atoms with Gasteiger partial charge in [0.1, 0.15) is 11.4 Å². The van der Waals surface area contributed by atoms with Crippen molar-refractivity contribution < 1.29 is 10.0 Å². The van der Waals surface area contributed by atoms with Crippen LogP contribution >= 0.6 is 15.9 Å². The van der Waals surface area contributed by atoms with Crippen molar-refractivity contribution in [2.45, 2.75) is 0 Å². The van der Waals surface area contributed by atoms with E-state index in [1.165, 1.54) is 18.2 Å². The first kappa shape index (κ1) is 13.2. The monoisotopic (exact) mass is 321 g/mol. The molecule has 2 aromatic rings. The van der Waals surface area contributed by atoms with Crippen LogP contribution in [0.4, 0.5) is 17.1 Å². The van der Waals surface area contributed by atoms with E-state index in [1.54, 1.807) is 24.3 Å². The second-order valence-electron chi connectivity index (χ2n) is 3.58. The van der Waals surface area contributed by atoms with Crippen molar-refractivity contribution >= 4 is 33.0 Å². The number of phenols is 1. The summed E-state index contributed by atoms with van der Waals surface area (Å²) in [6.45, 7) is 0. The van der Waals surface area contributed by atoms with Gasteiger partial charge < -0.3 is 5.11 Å². The highest BCUT2D eigenvalue weighted by atomic mass is 79.9. The summed E-state index contributed by atoms with van der Waals surface area (Å²) in [5.41, 5.74) is 0.222. The first-order chi connectivity index (χ1) is 9.08. The normalized spacial score (nSPS) is 10.8. The van der Waals surface area contributed by atoms with Crippen molar-refractivity contribution in [3.63, 3.8) is 0 Å². The number of hydrogen-bond donors (Lipinski definition) is 1. The number of aromatic hydroxyl groups is 1. The number of nitro groups is 1. The maximum absolute atomic E-state index is 10.8. The first-order valence-electron chi connectivity index (χ1n) is 5.21. The van der Waals surface area contributed by atoms with E-state index in [0.29, 0.717) is 0 Å². The summed E-state index contributed by atoms with van der Waals surface area (Å²) in [5, 5.41) is 28.0. The SMILES string of the molecule is O=[N+]([O-])c1ccccc1N=Nc1cc(Br)ccc1O. The summed E-state index contributed by atoms with van der Waals surface area (Å²) in [7, 11) is 0. The molecule has 0 atom stereocenters. The van der Waals surface area contributed by atoms with Gasteiger partial charge in [-0.05, 0) is 24.3 Å². The minimum atomic E-state index is -0.533. The van der Waals surface area contributed by atoms with Crippen LogP contribution in [0, 0.1) is 10.1 Å². The molecule has 0 radical (unpaired) electrons.